The van der Waals surface area contributed by atoms with Gasteiger partial charge < -0.3 is 10.1 Å². The SMILES string of the molecule is C=CCOC(C)CNCc1ccc(Cl)cc1Cl. The summed E-state index contributed by atoms with van der Waals surface area (Å²) >= 11 is 11.9. The Hall–Kier alpha value is -0.540. The molecule has 0 aromatic heterocycles. The fourth-order valence-electron chi connectivity index (χ4n) is 1.37. The molecule has 0 aliphatic rings. The Labute approximate surface area is 113 Å². The van der Waals surface area contributed by atoms with Gasteiger partial charge in [0.15, 0.2) is 0 Å². The molecule has 94 valence electrons. The van der Waals surface area contributed by atoms with E-state index in [4.69, 9.17) is 27.9 Å². The molecular weight excluding hydrogens is 257 g/mol. The summed E-state index contributed by atoms with van der Waals surface area (Å²) < 4.78 is 5.44. The highest BCUT2D eigenvalue weighted by atomic mass is 35.5. The van der Waals surface area contributed by atoms with Gasteiger partial charge in [-0.25, -0.2) is 0 Å². The third-order valence-corrected chi connectivity index (χ3v) is 2.85. The first-order chi connectivity index (χ1) is 8.13. The van der Waals surface area contributed by atoms with Crippen LogP contribution in [0.4, 0.5) is 0 Å². The van der Waals surface area contributed by atoms with Crippen molar-refractivity contribution in [3.8, 4) is 0 Å². The Balaban J connectivity index is 2.33. The van der Waals surface area contributed by atoms with Crippen molar-refractivity contribution in [3.63, 3.8) is 0 Å². The molecule has 1 rings (SSSR count). The van der Waals surface area contributed by atoms with Crippen LogP contribution < -0.4 is 5.32 Å². The predicted octanol–water partition coefficient (Wildman–Crippen LogP) is 3.67. The number of halogens is 2. The average Bonchev–Trinajstić information content (AvgIpc) is 2.29. The zero-order valence-corrected chi connectivity index (χ0v) is 11.4. The number of benzene rings is 1. The van der Waals surface area contributed by atoms with Gasteiger partial charge in [0.05, 0.1) is 12.7 Å². The third-order valence-electron chi connectivity index (χ3n) is 2.26. The molecule has 0 saturated heterocycles. The second-order valence-corrected chi connectivity index (χ2v) is 4.64. The highest BCUT2D eigenvalue weighted by Crippen LogP contribution is 2.20. The molecular formula is C13H17Cl2NO. The predicted molar refractivity (Wildman–Crippen MR) is 73.8 cm³/mol. The largest absolute Gasteiger partial charge is 0.373 e. The van der Waals surface area contributed by atoms with E-state index in [1.807, 2.05) is 19.1 Å². The Morgan fingerprint density at radius 2 is 2.24 bits per heavy atom. The minimum absolute atomic E-state index is 0.152. The normalized spacial score (nSPS) is 12.4. The van der Waals surface area contributed by atoms with Crippen molar-refractivity contribution in [1.82, 2.24) is 5.32 Å². The Morgan fingerprint density at radius 1 is 1.47 bits per heavy atom. The van der Waals surface area contributed by atoms with E-state index in [9.17, 15) is 0 Å². The maximum atomic E-state index is 6.06. The molecule has 4 heteroatoms. The second kappa shape index (κ2) is 7.72. The van der Waals surface area contributed by atoms with Gasteiger partial charge in [-0.05, 0) is 24.6 Å². The summed E-state index contributed by atoms with van der Waals surface area (Å²) in [5.74, 6) is 0. The van der Waals surface area contributed by atoms with Crippen molar-refractivity contribution in [2.45, 2.75) is 19.6 Å². The molecule has 0 amide bonds. The summed E-state index contributed by atoms with van der Waals surface area (Å²) in [5, 5.41) is 4.62. The first kappa shape index (κ1) is 14.5. The molecule has 2 nitrogen and oxygen atoms in total. The monoisotopic (exact) mass is 273 g/mol. The molecule has 0 spiro atoms. The molecule has 0 saturated carbocycles. The van der Waals surface area contributed by atoms with Gasteiger partial charge in [-0.1, -0.05) is 35.3 Å². The number of nitrogens with one attached hydrogen (secondary N) is 1. The van der Waals surface area contributed by atoms with E-state index >= 15 is 0 Å². The third kappa shape index (κ3) is 5.55. The van der Waals surface area contributed by atoms with Gasteiger partial charge in [0.2, 0.25) is 0 Å². The van der Waals surface area contributed by atoms with Crippen LogP contribution in [-0.4, -0.2) is 19.3 Å². The van der Waals surface area contributed by atoms with Crippen molar-refractivity contribution in [2.24, 2.45) is 0 Å². The van der Waals surface area contributed by atoms with Crippen molar-refractivity contribution < 1.29 is 4.74 Å². The maximum Gasteiger partial charge on any atom is 0.0675 e. The molecule has 0 aliphatic carbocycles. The molecule has 1 aromatic rings. The van der Waals surface area contributed by atoms with Gasteiger partial charge in [0.25, 0.3) is 0 Å². The fourth-order valence-corrected chi connectivity index (χ4v) is 1.84. The lowest BCUT2D eigenvalue weighted by atomic mass is 10.2. The van der Waals surface area contributed by atoms with Crippen LogP contribution in [0.5, 0.6) is 0 Å². The summed E-state index contributed by atoms with van der Waals surface area (Å²) in [6.45, 7) is 7.67. The van der Waals surface area contributed by atoms with Crippen molar-refractivity contribution in [3.05, 3.63) is 46.5 Å². The number of rotatable bonds is 7. The number of hydrogen-bond donors (Lipinski definition) is 1. The van der Waals surface area contributed by atoms with Crippen LogP contribution in [0.25, 0.3) is 0 Å². The van der Waals surface area contributed by atoms with Crippen LogP contribution in [0, 0.1) is 0 Å². The van der Waals surface area contributed by atoms with Crippen molar-refractivity contribution in [2.75, 3.05) is 13.2 Å². The highest BCUT2D eigenvalue weighted by Gasteiger charge is 2.03. The van der Waals surface area contributed by atoms with Crippen molar-refractivity contribution in [1.29, 1.82) is 0 Å². The van der Waals surface area contributed by atoms with Crippen LogP contribution in [0.3, 0.4) is 0 Å². The molecule has 0 fully saturated rings. The van der Waals surface area contributed by atoms with E-state index < -0.39 is 0 Å². The minimum Gasteiger partial charge on any atom is -0.373 e. The Morgan fingerprint density at radius 3 is 2.88 bits per heavy atom. The lowest BCUT2D eigenvalue weighted by Gasteiger charge is -2.13. The number of hydrogen-bond acceptors (Lipinski definition) is 2. The van der Waals surface area contributed by atoms with Crippen LogP contribution in [-0.2, 0) is 11.3 Å². The first-order valence-electron chi connectivity index (χ1n) is 5.50. The second-order valence-electron chi connectivity index (χ2n) is 3.80. The van der Waals surface area contributed by atoms with Crippen LogP contribution in [0.2, 0.25) is 10.0 Å². The van der Waals surface area contributed by atoms with Crippen LogP contribution in [0.15, 0.2) is 30.9 Å². The Kier molecular flexibility index (Phi) is 6.60. The van der Waals surface area contributed by atoms with E-state index in [1.54, 1.807) is 12.1 Å². The van der Waals surface area contributed by atoms with Gasteiger partial charge in [-0.2, -0.15) is 0 Å². The fraction of sp³-hybridized carbons (Fsp3) is 0.385. The van der Waals surface area contributed by atoms with Crippen LogP contribution >= 0.6 is 23.2 Å². The molecule has 1 aromatic carbocycles. The summed E-state index contributed by atoms with van der Waals surface area (Å²) in [5.41, 5.74) is 1.03. The Bertz CT molecular complexity index is 368. The summed E-state index contributed by atoms with van der Waals surface area (Å²) in [7, 11) is 0. The van der Waals surface area contributed by atoms with Crippen molar-refractivity contribution >= 4 is 23.2 Å². The van der Waals surface area contributed by atoms with E-state index in [1.165, 1.54) is 0 Å². The topological polar surface area (TPSA) is 21.3 Å². The maximum absolute atomic E-state index is 6.06. The van der Waals surface area contributed by atoms with Gasteiger partial charge in [0, 0.05) is 23.1 Å². The molecule has 0 radical (unpaired) electrons. The molecule has 0 bridgehead atoms. The molecule has 1 N–H and O–H groups in total. The summed E-state index contributed by atoms with van der Waals surface area (Å²) in [4.78, 5) is 0. The lowest BCUT2D eigenvalue weighted by molar-refractivity contribution is 0.0877. The van der Waals surface area contributed by atoms with E-state index in [-0.39, 0.29) is 6.10 Å². The molecule has 1 atom stereocenters. The highest BCUT2D eigenvalue weighted by molar-refractivity contribution is 6.35. The molecule has 0 aliphatic heterocycles. The number of ether oxygens (including phenoxy) is 1. The quantitative estimate of drug-likeness (QED) is 0.766. The zero-order valence-electron chi connectivity index (χ0n) is 9.88. The van der Waals surface area contributed by atoms with Gasteiger partial charge in [-0.15, -0.1) is 6.58 Å². The first-order valence-corrected chi connectivity index (χ1v) is 6.26. The zero-order chi connectivity index (χ0) is 12.7. The summed E-state index contributed by atoms with van der Waals surface area (Å²) in [6, 6.07) is 5.51. The molecule has 17 heavy (non-hydrogen) atoms. The van der Waals surface area contributed by atoms with Gasteiger partial charge >= 0.3 is 0 Å². The van der Waals surface area contributed by atoms with E-state index in [0.29, 0.717) is 23.2 Å². The standard InChI is InChI=1S/C13H17Cl2NO/c1-3-6-17-10(2)8-16-9-11-4-5-12(14)7-13(11)15/h3-5,7,10,16H,1,6,8-9H2,2H3. The molecule has 1 unspecified atom stereocenters. The van der Waals surface area contributed by atoms with E-state index in [2.05, 4.69) is 11.9 Å². The minimum atomic E-state index is 0.152. The van der Waals surface area contributed by atoms with Gasteiger partial charge in [0.1, 0.15) is 0 Å². The average molecular weight is 274 g/mol. The van der Waals surface area contributed by atoms with Gasteiger partial charge in [-0.3, -0.25) is 0 Å². The smallest absolute Gasteiger partial charge is 0.0675 e. The van der Waals surface area contributed by atoms with E-state index in [0.717, 1.165) is 12.1 Å². The summed E-state index contributed by atoms with van der Waals surface area (Å²) in [6.07, 6.45) is 1.89. The molecule has 0 heterocycles. The van der Waals surface area contributed by atoms with Crippen LogP contribution in [0.1, 0.15) is 12.5 Å². The lowest BCUT2D eigenvalue weighted by Crippen LogP contribution is -2.26.